The highest BCUT2D eigenvalue weighted by atomic mass is 32.2. The van der Waals surface area contributed by atoms with Crippen LogP contribution in [0.3, 0.4) is 0 Å². The zero-order chi connectivity index (χ0) is 32.8. The molecule has 4 N–H and O–H groups in total. The number of nitrogens with zero attached hydrogens (tertiary/aromatic N) is 5. The molecule has 6 atom stereocenters. The Labute approximate surface area is 262 Å². The topological polar surface area (TPSA) is 179 Å². The number of amides is 1. The average Bonchev–Trinajstić information content (AvgIpc) is 3.77. The van der Waals surface area contributed by atoms with Crippen LogP contribution in [0.4, 0.5) is 13.2 Å². The Kier molecular flexibility index (Phi) is 9.87. The molecule has 3 heterocycles. The molecule has 3 fully saturated rings. The second-order valence-corrected chi connectivity index (χ2v) is 15.1. The van der Waals surface area contributed by atoms with Crippen LogP contribution in [0.1, 0.15) is 38.6 Å². The molecule has 18 heteroatoms. The lowest BCUT2D eigenvalue weighted by molar-refractivity contribution is -0.179. The molecule has 3 aliphatic rings. The number of thioether (sulfide) groups is 1. The molecule has 2 saturated heterocycles. The number of sulfonamides is 1. The van der Waals surface area contributed by atoms with Gasteiger partial charge >= 0.3 is 0 Å². The molecule has 0 spiro atoms. The van der Waals surface area contributed by atoms with Gasteiger partial charge in [-0.1, -0.05) is 5.21 Å². The van der Waals surface area contributed by atoms with Gasteiger partial charge in [-0.2, -0.15) is 0 Å². The van der Waals surface area contributed by atoms with E-state index in [0.717, 1.165) is 16.4 Å². The third kappa shape index (κ3) is 6.60. The van der Waals surface area contributed by atoms with E-state index >= 15 is 0 Å². The van der Waals surface area contributed by atoms with Crippen LogP contribution in [0.5, 0.6) is 0 Å². The van der Waals surface area contributed by atoms with Gasteiger partial charge in [0.15, 0.2) is 17.5 Å². The van der Waals surface area contributed by atoms with Crippen molar-refractivity contribution in [1.82, 2.24) is 24.2 Å². The predicted octanol–water partition coefficient (Wildman–Crippen LogP) is 0.242. The maximum absolute atomic E-state index is 13.9. The first kappa shape index (κ1) is 34.0. The van der Waals surface area contributed by atoms with Crippen molar-refractivity contribution in [2.24, 2.45) is 0 Å². The molecule has 2 aromatic rings. The number of hydrogen-bond donors (Lipinski definition) is 4. The highest BCUT2D eigenvalue weighted by Gasteiger charge is 2.53. The Hall–Kier alpha value is -2.32. The largest absolute Gasteiger partial charge is 0.394 e. The minimum atomic E-state index is -3.50. The molecule has 1 aromatic carbocycles. The summed E-state index contributed by atoms with van der Waals surface area (Å²) in [4.78, 5) is 15.0. The van der Waals surface area contributed by atoms with Gasteiger partial charge in [-0.15, -0.1) is 16.9 Å². The molecule has 5 rings (SSSR count). The SMILES string of the molecule is CCN(C)C(=O)[C@H](S[C@@H]1O[C@H](CO)[C@H](O)[C@H](n2cc(-c3cc(F)c(F)c(F)c3)nn2)[C@H]1O)C1(O)CCN(S(=O)(=O)C2CC2)CC1. The van der Waals surface area contributed by atoms with E-state index in [4.69, 9.17) is 4.74 Å². The molecule has 0 unspecified atom stereocenters. The zero-order valence-corrected chi connectivity index (χ0v) is 26.2. The fourth-order valence-corrected chi connectivity index (χ4v) is 9.05. The van der Waals surface area contributed by atoms with Gasteiger partial charge in [0, 0.05) is 32.2 Å². The van der Waals surface area contributed by atoms with Gasteiger partial charge in [-0.25, -0.2) is 30.6 Å². The van der Waals surface area contributed by atoms with Gasteiger partial charge in [-0.05, 0) is 44.7 Å². The van der Waals surface area contributed by atoms with Crippen LogP contribution in [0.2, 0.25) is 0 Å². The van der Waals surface area contributed by atoms with E-state index < -0.39 is 85.9 Å². The Morgan fingerprint density at radius 3 is 2.36 bits per heavy atom. The maximum atomic E-state index is 13.9. The summed E-state index contributed by atoms with van der Waals surface area (Å²) in [5, 5.41) is 50.3. The predicted molar refractivity (Wildman–Crippen MR) is 155 cm³/mol. The Morgan fingerprint density at radius 1 is 1.18 bits per heavy atom. The summed E-state index contributed by atoms with van der Waals surface area (Å²) in [5.74, 6) is -5.07. The van der Waals surface area contributed by atoms with Crippen LogP contribution in [0.25, 0.3) is 11.3 Å². The molecular formula is C27H36F3N5O8S2. The van der Waals surface area contributed by atoms with Crippen molar-refractivity contribution in [3.63, 3.8) is 0 Å². The summed E-state index contributed by atoms with van der Waals surface area (Å²) in [6.45, 7) is 1.31. The number of ether oxygens (including phenoxy) is 1. The van der Waals surface area contributed by atoms with Crippen molar-refractivity contribution in [1.29, 1.82) is 0 Å². The summed E-state index contributed by atoms with van der Waals surface area (Å²) in [6, 6.07) is 0.0759. The van der Waals surface area contributed by atoms with Crippen LogP contribution in [-0.4, -0.2) is 132 Å². The number of halogens is 3. The standard InChI is InChI=1S/C27H36F3N5O8S2/c1-3-33(2)25(39)24(27(40)6-8-34(9-7-27)45(41,42)15-4-5-15)44-26-23(38)21(22(37)19(13-36)43-26)35-12-18(31-32-35)14-10-16(28)20(30)17(29)11-14/h10-12,15,19,21-24,26,36-38,40H,3-9,13H2,1-2H3/t19-,21+,22+,23-,24+,26+/m1/s1. The van der Waals surface area contributed by atoms with Crippen molar-refractivity contribution in [2.45, 2.75) is 78.5 Å². The van der Waals surface area contributed by atoms with Crippen LogP contribution in [0, 0.1) is 17.5 Å². The van der Waals surface area contributed by atoms with Gasteiger partial charge in [-0.3, -0.25) is 4.79 Å². The number of hydrogen-bond acceptors (Lipinski definition) is 11. The maximum Gasteiger partial charge on any atom is 0.238 e. The van der Waals surface area contributed by atoms with E-state index in [-0.39, 0.29) is 43.7 Å². The van der Waals surface area contributed by atoms with Crippen molar-refractivity contribution < 1.29 is 51.5 Å². The number of aliphatic hydroxyl groups excluding tert-OH is 3. The van der Waals surface area contributed by atoms with Crippen LogP contribution >= 0.6 is 11.8 Å². The molecule has 250 valence electrons. The van der Waals surface area contributed by atoms with E-state index in [0.29, 0.717) is 25.0 Å². The molecular weight excluding hydrogens is 643 g/mol. The summed E-state index contributed by atoms with van der Waals surface area (Å²) in [5.41, 5.74) is -3.28. The average molecular weight is 680 g/mol. The lowest BCUT2D eigenvalue weighted by atomic mass is 9.88. The van der Waals surface area contributed by atoms with Crippen molar-refractivity contribution in [3.05, 3.63) is 35.8 Å². The van der Waals surface area contributed by atoms with Gasteiger partial charge < -0.3 is 30.1 Å². The van der Waals surface area contributed by atoms with E-state index in [1.807, 2.05) is 0 Å². The molecule has 1 aromatic heterocycles. The Bertz CT molecular complexity index is 1480. The van der Waals surface area contributed by atoms with Crippen LogP contribution in [0.15, 0.2) is 18.3 Å². The summed E-state index contributed by atoms with van der Waals surface area (Å²) in [6.07, 6.45) is -2.25. The van der Waals surface area contributed by atoms with E-state index in [1.54, 1.807) is 6.92 Å². The molecule has 1 saturated carbocycles. The van der Waals surface area contributed by atoms with E-state index in [1.165, 1.54) is 22.4 Å². The van der Waals surface area contributed by atoms with Crippen LogP contribution in [-0.2, 0) is 19.6 Å². The second-order valence-electron chi connectivity index (χ2n) is 11.7. The van der Waals surface area contributed by atoms with Gasteiger partial charge in [0.25, 0.3) is 0 Å². The second kappa shape index (κ2) is 13.1. The lowest BCUT2D eigenvalue weighted by Gasteiger charge is -2.46. The first-order chi connectivity index (χ1) is 21.2. The first-order valence-corrected chi connectivity index (χ1v) is 17.0. The zero-order valence-electron chi connectivity index (χ0n) is 24.5. The molecule has 1 aliphatic carbocycles. The molecule has 0 radical (unpaired) electrons. The number of rotatable bonds is 10. The lowest BCUT2D eigenvalue weighted by Crippen LogP contribution is -2.59. The molecule has 1 amide bonds. The third-order valence-corrected chi connectivity index (χ3v) is 12.6. The minimum absolute atomic E-state index is 0.00347. The summed E-state index contributed by atoms with van der Waals surface area (Å²) in [7, 11) is -1.96. The van der Waals surface area contributed by atoms with Crippen molar-refractivity contribution in [2.75, 3.05) is 33.3 Å². The first-order valence-electron chi connectivity index (χ1n) is 14.5. The van der Waals surface area contributed by atoms with Crippen molar-refractivity contribution in [3.8, 4) is 11.3 Å². The number of aliphatic hydroxyl groups is 4. The highest BCUT2D eigenvalue weighted by molar-refractivity contribution is 8.01. The van der Waals surface area contributed by atoms with Gasteiger partial charge in [0.1, 0.15) is 40.7 Å². The van der Waals surface area contributed by atoms with Crippen molar-refractivity contribution >= 4 is 27.7 Å². The van der Waals surface area contributed by atoms with Crippen LogP contribution < -0.4 is 0 Å². The monoisotopic (exact) mass is 679 g/mol. The molecule has 2 aliphatic heterocycles. The number of aromatic nitrogens is 3. The number of benzene rings is 1. The van der Waals surface area contributed by atoms with Gasteiger partial charge in [0.05, 0.1) is 23.7 Å². The third-order valence-electron chi connectivity index (χ3n) is 8.67. The summed E-state index contributed by atoms with van der Waals surface area (Å²) >= 11 is 0.781. The number of piperidine rings is 1. The fourth-order valence-electron chi connectivity index (χ4n) is 5.62. The Balaban J connectivity index is 1.41. The quantitative estimate of drug-likeness (QED) is 0.253. The van der Waals surface area contributed by atoms with E-state index in [9.17, 15) is 46.8 Å². The number of carbonyl (C=O) groups is 1. The smallest absolute Gasteiger partial charge is 0.238 e. The molecule has 45 heavy (non-hydrogen) atoms. The summed E-state index contributed by atoms with van der Waals surface area (Å²) < 4.78 is 74.9. The molecule has 13 nitrogen and oxygen atoms in total. The highest BCUT2D eigenvalue weighted by Crippen LogP contribution is 2.43. The number of carbonyl (C=O) groups excluding carboxylic acids is 1. The fraction of sp³-hybridized carbons (Fsp3) is 0.667. The minimum Gasteiger partial charge on any atom is -0.394 e. The Morgan fingerprint density at radius 2 is 1.80 bits per heavy atom. The normalized spacial score (nSPS) is 28.2. The molecule has 0 bridgehead atoms. The van der Waals surface area contributed by atoms with Gasteiger partial charge in [0.2, 0.25) is 15.9 Å². The van der Waals surface area contributed by atoms with E-state index in [2.05, 4.69) is 10.3 Å².